The second-order valence-electron chi connectivity index (χ2n) is 5.39. The molecule has 1 atom stereocenters. The fourth-order valence-electron chi connectivity index (χ4n) is 1.26. The highest BCUT2D eigenvalue weighted by molar-refractivity contribution is 7.88. The van der Waals surface area contributed by atoms with Crippen molar-refractivity contribution >= 4 is 32.4 Å². The summed E-state index contributed by atoms with van der Waals surface area (Å²) in [5.41, 5.74) is 0.798. The summed E-state index contributed by atoms with van der Waals surface area (Å²) in [5, 5.41) is 4.95. The van der Waals surface area contributed by atoms with E-state index in [2.05, 4.69) is 15.0 Å². The van der Waals surface area contributed by atoms with Crippen LogP contribution in [0.4, 0.5) is 5.13 Å². The van der Waals surface area contributed by atoms with Crippen LogP contribution < -0.4 is 10.0 Å². The van der Waals surface area contributed by atoms with Crippen LogP contribution in [0.5, 0.6) is 0 Å². The highest BCUT2D eigenvalue weighted by atomic mass is 32.2. The lowest BCUT2D eigenvalue weighted by molar-refractivity contribution is -0.117. The summed E-state index contributed by atoms with van der Waals surface area (Å²) in [5.74, 6) is -0.430. The molecule has 0 aliphatic heterocycles. The number of carbonyl (C=O) groups is 1. The van der Waals surface area contributed by atoms with Gasteiger partial charge in [-0.2, -0.15) is 0 Å². The van der Waals surface area contributed by atoms with E-state index in [0.717, 1.165) is 11.9 Å². The minimum Gasteiger partial charge on any atom is -0.301 e. The molecule has 0 radical (unpaired) electrons. The molecule has 0 aromatic carbocycles. The van der Waals surface area contributed by atoms with Gasteiger partial charge in [-0.15, -0.1) is 11.3 Å². The van der Waals surface area contributed by atoms with E-state index in [1.54, 1.807) is 0 Å². The normalized spacial score (nSPS) is 14.2. The largest absolute Gasteiger partial charge is 0.301 e. The number of sulfonamides is 1. The number of aromatic nitrogens is 1. The van der Waals surface area contributed by atoms with Crippen LogP contribution in [0.3, 0.4) is 0 Å². The van der Waals surface area contributed by atoms with Gasteiger partial charge in [0.2, 0.25) is 15.9 Å². The number of carbonyl (C=O) groups excluding carboxylic acids is 1. The average Bonchev–Trinajstić information content (AvgIpc) is 2.62. The summed E-state index contributed by atoms with van der Waals surface area (Å²) in [6.45, 7) is 7.57. The molecule has 0 saturated heterocycles. The molecule has 0 aliphatic carbocycles. The van der Waals surface area contributed by atoms with Crippen LogP contribution in [0, 0.1) is 0 Å². The number of amides is 1. The summed E-state index contributed by atoms with van der Waals surface area (Å²) >= 11 is 1.32. The molecular formula is C11H19N3O3S2. The van der Waals surface area contributed by atoms with Gasteiger partial charge in [0.25, 0.3) is 0 Å². The van der Waals surface area contributed by atoms with Crippen LogP contribution in [0.15, 0.2) is 5.38 Å². The number of anilines is 1. The Bertz CT molecular complexity index is 558. The lowest BCUT2D eigenvalue weighted by Crippen LogP contribution is -2.41. The van der Waals surface area contributed by atoms with Crippen LogP contribution in [0.1, 0.15) is 33.4 Å². The second kappa shape index (κ2) is 5.56. The number of nitrogens with zero attached hydrogens (tertiary/aromatic N) is 1. The zero-order chi connectivity index (χ0) is 14.8. The summed E-state index contributed by atoms with van der Waals surface area (Å²) < 4.78 is 24.3. The second-order valence-corrected chi connectivity index (χ2v) is 8.03. The minimum atomic E-state index is -3.41. The fourth-order valence-corrected chi connectivity index (χ4v) is 2.95. The summed E-state index contributed by atoms with van der Waals surface area (Å²) in [4.78, 5) is 16.1. The first-order chi connectivity index (χ1) is 8.49. The highest BCUT2D eigenvalue weighted by Gasteiger charge is 2.21. The van der Waals surface area contributed by atoms with Gasteiger partial charge in [0.1, 0.15) is 0 Å². The quantitative estimate of drug-likeness (QED) is 0.878. The molecule has 1 aromatic rings. The molecular weight excluding hydrogens is 286 g/mol. The fraction of sp³-hybridized carbons (Fsp3) is 0.636. The Morgan fingerprint density at radius 1 is 1.42 bits per heavy atom. The van der Waals surface area contributed by atoms with Crippen molar-refractivity contribution in [3.63, 3.8) is 0 Å². The molecule has 1 rings (SSSR count). The molecule has 1 amide bonds. The lowest BCUT2D eigenvalue weighted by atomic mass is 9.93. The van der Waals surface area contributed by atoms with Crippen LogP contribution in [-0.4, -0.2) is 31.6 Å². The smallest absolute Gasteiger partial charge is 0.244 e. The van der Waals surface area contributed by atoms with E-state index in [-0.39, 0.29) is 5.41 Å². The third-order valence-electron chi connectivity index (χ3n) is 2.29. The molecule has 1 heterocycles. The molecule has 108 valence electrons. The van der Waals surface area contributed by atoms with Crippen molar-refractivity contribution in [2.24, 2.45) is 0 Å². The molecule has 0 spiro atoms. The van der Waals surface area contributed by atoms with Crippen molar-refractivity contribution < 1.29 is 13.2 Å². The van der Waals surface area contributed by atoms with Crippen LogP contribution in [-0.2, 0) is 20.2 Å². The molecule has 0 aliphatic rings. The maximum absolute atomic E-state index is 11.8. The third-order valence-corrected chi connectivity index (χ3v) is 3.83. The number of rotatable bonds is 4. The predicted molar refractivity (Wildman–Crippen MR) is 76.9 cm³/mol. The standard InChI is InChI=1S/C11H19N3O3S2/c1-7(14-19(5,16)17)9(15)13-10-12-8(6-18-10)11(2,3)4/h6-7,14H,1-5H3,(H,12,13,15)/t7-/m1/s1. The molecule has 2 N–H and O–H groups in total. The van der Waals surface area contributed by atoms with E-state index in [4.69, 9.17) is 0 Å². The Morgan fingerprint density at radius 3 is 2.42 bits per heavy atom. The topological polar surface area (TPSA) is 88.2 Å². The van der Waals surface area contributed by atoms with Crippen molar-refractivity contribution in [3.05, 3.63) is 11.1 Å². The van der Waals surface area contributed by atoms with Crippen molar-refractivity contribution in [2.45, 2.75) is 39.2 Å². The summed E-state index contributed by atoms with van der Waals surface area (Å²) in [7, 11) is -3.41. The molecule has 6 nitrogen and oxygen atoms in total. The first-order valence-electron chi connectivity index (χ1n) is 5.73. The molecule has 0 bridgehead atoms. The molecule has 0 saturated carbocycles. The van der Waals surface area contributed by atoms with Gasteiger partial charge in [0.05, 0.1) is 18.0 Å². The monoisotopic (exact) mass is 305 g/mol. The van der Waals surface area contributed by atoms with Crippen molar-refractivity contribution in [2.75, 3.05) is 11.6 Å². The van der Waals surface area contributed by atoms with E-state index < -0.39 is 22.0 Å². The number of thiazole rings is 1. The van der Waals surface area contributed by atoms with E-state index in [0.29, 0.717) is 5.13 Å². The van der Waals surface area contributed by atoms with Crippen molar-refractivity contribution in [1.29, 1.82) is 0 Å². The first kappa shape index (κ1) is 16.1. The Hall–Kier alpha value is -0.990. The average molecular weight is 305 g/mol. The summed E-state index contributed by atoms with van der Waals surface area (Å²) in [6.07, 6.45) is 1.01. The zero-order valence-corrected chi connectivity index (χ0v) is 13.3. The number of hydrogen-bond acceptors (Lipinski definition) is 5. The van der Waals surface area contributed by atoms with Gasteiger partial charge >= 0.3 is 0 Å². The minimum absolute atomic E-state index is 0.0872. The van der Waals surface area contributed by atoms with Crippen molar-refractivity contribution in [1.82, 2.24) is 9.71 Å². The van der Waals surface area contributed by atoms with E-state index in [9.17, 15) is 13.2 Å². The molecule has 0 unspecified atom stereocenters. The first-order valence-corrected chi connectivity index (χ1v) is 8.50. The van der Waals surface area contributed by atoms with E-state index in [1.807, 2.05) is 26.2 Å². The third kappa shape index (κ3) is 5.25. The Labute approximate surface area is 117 Å². The molecule has 8 heteroatoms. The van der Waals surface area contributed by atoms with Gasteiger partial charge in [0.15, 0.2) is 5.13 Å². The van der Waals surface area contributed by atoms with Gasteiger partial charge in [-0.3, -0.25) is 4.79 Å². The predicted octanol–water partition coefficient (Wildman–Crippen LogP) is 1.32. The van der Waals surface area contributed by atoms with Crippen molar-refractivity contribution in [3.8, 4) is 0 Å². The molecule has 19 heavy (non-hydrogen) atoms. The Balaban J connectivity index is 2.70. The SMILES string of the molecule is C[C@@H](NS(C)(=O)=O)C(=O)Nc1nc(C(C)(C)C)cs1. The van der Waals surface area contributed by atoms with Gasteiger partial charge in [-0.05, 0) is 6.92 Å². The zero-order valence-electron chi connectivity index (χ0n) is 11.6. The van der Waals surface area contributed by atoms with E-state index >= 15 is 0 Å². The van der Waals surface area contributed by atoms with Gasteiger partial charge in [0, 0.05) is 10.8 Å². The summed E-state index contributed by atoms with van der Waals surface area (Å²) in [6, 6.07) is -0.836. The van der Waals surface area contributed by atoms with Crippen LogP contribution >= 0.6 is 11.3 Å². The number of hydrogen-bond donors (Lipinski definition) is 2. The van der Waals surface area contributed by atoms with Crippen LogP contribution in [0.2, 0.25) is 0 Å². The maximum Gasteiger partial charge on any atom is 0.244 e. The Kier molecular flexibility index (Phi) is 4.70. The molecule has 0 fully saturated rings. The number of nitrogens with one attached hydrogen (secondary N) is 2. The van der Waals surface area contributed by atoms with Gasteiger partial charge in [-0.1, -0.05) is 20.8 Å². The van der Waals surface area contributed by atoms with E-state index in [1.165, 1.54) is 18.3 Å². The maximum atomic E-state index is 11.8. The lowest BCUT2D eigenvalue weighted by Gasteiger charge is -2.14. The van der Waals surface area contributed by atoms with Crippen LogP contribution in [0.25, 0.3) is 0 Å². The molecule has 1 aromatic heterocycles. The van der Waals surface area contributed by atoms with Gasteiger partial charge < -0.3 is 5.32 Å². The Morgan fingerprint density at radius 2 is 2.00 bits per heavy atom. The van der Waals surface area contributed by atoms with Gasteiger partial charge in [-0.25, -0.2) is 18.1 Å². The highest BCUT2D eigenvalue weighted by Crippen LogP contribution is 2.26.